The number of unbranched alkanes of at least 4 members (excludes halogenated alkanes) is 29. The fourth-order valence-electron chi connectivity index (χ4n) is 9.64. The van der Waals surface area contributed by atoms with Crippen LogP contribution in [-0.4, -0.2) is 4.70 Å². The second-order valence-corrected chi connectivity index (χ2v) is 21.1. The van der Waals surface area contributed by atoms with Gasteiger partial charge in [0.2, 0.25) is 11.4 Å². The van der Waals surface area contributed by atoms with E-state index in [-0.39, 0.29) is 0 Å². The van der Waals surface area contributed by atoms with Gasteiger partial charge in [-0.15, -0.1) is 0 Å². The van der Waals surface area contributed by atoms with Gasteiger partial charge >= 0.3 is 39.1 Å². The van der Waals surface area contributed by atoms with Crippen LogP contribution in [0.4, 0.5) is 0 Å². The normalized spacial score (nSPS) is 12.8. The molecule has 0 saturated carbocycles. The van der Waals surface area contributed by atoms with E-state index in [0.717, 1.165) is 37.1 Å². The molecule has 3 rings (SSSR count). The van der Waals surface area contributed by atoms with Crippen LogP contribution in [0.2, 0.25) is 10.8 Å². The van der Waals surface area contributed by atoms with E-state index >= 15 is 0 Å². The summed E-state index contributed by atoms with van der Waals surface area (Å²) in [6, 6.07) is 18.4. The summed E-state index contributed by atoms with van der Waals surface area (Å²) in [5, 5.41) is 2.56. The molecule has 0 radical (unpaired) electrons. The average molecular weight is 924 g/mol. The third kappa shape index (κ3) is 26.4. The number of hydrogen-bond acceptors (Lipinski definition) is 0. The van der Waals surface area contributed by atoms with Gasteiger partial charge in [-0.05, 0) is 86.8 Å². The van der Waals surface area contributed by atoms with Crippen molar-refractivity contribution in [3.05, 3.63) is 87.5 Å². The Labute approximate surface area is 405 Å². The topological polar surface area (TPSA) is 25.3 Å². The predicted molar refractivity (Wildman–Crippen MR) is 283 cm³/mol. The van der Waals surface area contributed by atoms with E-state index in [4.69, 9.17) is 0 Å². The Balaban J connectivity index is 0.00000266. The summed E-state index contributed by atoms with van der Waals surface area (Å²) in [7, 11) is 0. The molecule has 0 fully saturated rings. The van der Waals surface area contributed by atoms with E-state index in [1.165, 1.54) is 256 Å². The van der Waals surface area contributed by atoms with E-state index in [1.54, 1.807) is 4.70 Å². The van der Waals surface area contributed by atoms with Crippen LogP contribution in [0.3, 0.4) is 0 Å². The molecule has 0 spiro atoms. The molecule has 0 atom stereocenters. The maximum absolute atomic E-state index is 12.4. The SMILES string of the molecule is CCCCCCCCCCCCCCCCCC1=C(c2cccc(CCCCCCCCCCCCCCC)c2)[N+](=[N-])C(c2cccc(CCCC)c2)=C1CCCCC.C[CH2][Ni][CH2]C. The van der Waals surface area contributed by atoms with Crippen LogP contribution in [0.25, 0.3) is 16.9 Å². The molecule has 1 aliphatic rings. The van der Waals surface area contributed by atoms with Crippen molar-refractivity contribution in [1.29, 1.82) is 0 Å². The van der Waals surface area contributed by atoms with Crippen molar-refractivity contribution >= 4 is 11.4 Å². The van der Waals surface area contributed by atoms with Crippen LogP contribution in [0.15, 0.2) is 59.7 Å². The van der Waals surface area contributed by atoms with Crippen LogP contribution in [0.5, 0.6) is 0 Å². The van der Waals surface area contributed by atoms with Crippen molar-refractivity contribution in [1.82, 2.24) is 0 Å². The Morgan fingerprint density at radius 2 is 0.625 bits per heavy atom. The van der Waals surface area contributed by atoms with Gasteiger partial charge in [0, 0.05) is 22.3 Å². The van der Waals surface area contributed by atoms with Gasteiger partial charge in [-0.25, -0.2) is 4.70 Å². The van der Waals surface area contributed by atoms with E-state index < -0.39 is 0 Å². The zero-order valence-electron chi connectivity index (χ0n) is 43.4. The fraction of sp³-hybridized carbons (Fsp3) is 0.738. The molecule has 0 saturated heterocycles. The van der Waals surface area contributed by atoms with E-state index in [9.17, 15) is 5.53 Å². The van der Waals surface area contributed by atoms with E-state index in [0.29, 0.717) is 0 Å². The molecule has 2 nitrogen and oxygen atoms in total. The quantitative estimate of drug-likeness (QED) is 0.0361. The Morgan fingerprint density at radius 3 is 0.953 bits per heavy atom. The zero-order valence-corrected chi connectivity index (χ0v) is 44.4. The molecular weight excluding hydrogens is 819 g/mol. The van der Waals surface area contributed by atoms with Crippen molar-refractivity contribution in [2.24, 2.45) is 0 Å². The van der Waals surface area contributed by atoms with Gasteiger partial charge in [-0.3, -0.25) is 0 Å². The molecule has 0 aliphatic carbocycles. The molecule has 0 bridgehead atoms. The van der Waals surface area contributed by atoms with Gasteiger partial charge < -0.3 is 5.53 Å². The van der Waals surface area contributed by atoms with Gasteiger partial charge in [-0.1, -0.05) is 238 Å². The van der Waals surface area contributed by atoms with Gasteiger partial charge in [0.05, 0.1) is 0 Å². The van der Waals surface area contributed by atoms with Crippen LogP contribution in [0, 0.1) is 0 Å². The zero-order chi connectivity index (χ0) is 46.1. The van der Waals surface area contributed by atoms with Crippen LogP contribution < -0.4 is 0 Å². The van der Waals surface area contributed by atoms with Gasteiger partial charge in [0.15, 0.2) is 0 Å². The van der Waals surface area contributed by atoms with Crippen LogP contribution in [0.1, 0.15) is 289 Å². The summed E-state index contributed by atoms with van der Waals surface area (Å²) < 4.78 is 1.63. The summed E-state index contributed by atoms with van der Waals surface area (Å²) >= 11 is 1.82. The van der Waals surface area contributed by atoms with Gasteiger partial charge in [-0.2, -0.15) is 0 Å². The summed E-state index contributed by atoms with van der Waals surface area (Å²) in [4.78, 5) is 0. The third-order valence-corrected chi connectivity index (χ3v) is 14.5. The first-order chi connectivity index (χ1) is 31.6. The molecule has 1 heterocycles. The summed E-state index contributed by atoms with van der Waals surface area (Å²) in [6.45, 7) is 13.6. The molecule has 1 aliphatic heterocycles. The molecule has 0 unspecified atom stereocenters. The molecule has 0 N–H and O–H groups in total. The molecule has 2 aromatic rings. The van der Waals surface area contributed by atoms with E-state index in [1.807, 2.05) is 14.4 Å². The second-order valence-electron chi connectivity index (χ2n) is 19.2. The molecular formula is C61H104N2Ni. The van der Waals surface area contributed by atoms with Crippen LogP contribution in [-0.2, 0) is 27.3 Å². The fourth-order valence-corrected chi connectivity index (χ4v) is 10.1. The van der Waals surface area contributed by atoms with Gasteiger partial charge in [0.1, 0.15) is 0 Å². The Kier molecular flexibility index (Phi) is 37.4. The molecule has 2 aromatic carbocycles. The van der Waals surface area contributed by atoms with Crippen molar-refractivity contribution in [2.45, 2.75) is 290 Å². The van der Waals surface area contributed by atoms with Crippen molar-refractivity contribution in [2.75, 3.05) is 0 Å². The number of allylic oxidation sites excluding steroid dienone is 2. The van der Waals surface area contributed by atoms with Crippen molar-refractivity contribution < 1.29 is 19.1 Å². The minimum absolute atomic E-state index is 1.04. The molecule has 0 amide bonds. The first kappa shape index (κ1) is 58.1. The standard InChI is InChI=1S/C57H94N2.2C2H5.Ni/c1-5-9-13-15-17-19-21-23-24-26-28-30-32-34-37-47-55-54(46-35-11-7-3)56(52-44-38-42-50(48-52)40-12-8-4)59(58)57(55)53-45-39-43-51(49-53)41-36-33-31-29-27-25-22-20-18-16-14-10-6-2;2*1-2;/h38-39,42-45,48-49H,5-37,40-41,46-47H2,1-4H3;2*1H2,2H3;. The monoisotopic (exact) mass is 923 g/mol. The number of rotatable bonds is 41. The summed E-state index contributed by atoms with van der Waals surface area (Å²) in [5.41, 5.74) is 22.4. The molecule has 3 heteroatoms. The second kappa shape index (κ2) is 41.2. The first-order valence-corrected chi connectivity index (χ1v) is 29.5. The third-order valence-electron chi connectivity index (χ3n) is 13.5. The number of benzene rings is 2. The Morgan fingerprint density at radius 1 is 0.344 bits per heavy atom. The minimum atomic E-state index is 1.04. The summed E-state index contributed by atoms with van der Waals surface area (Å²) in [6.07, 6.45) is 49.2. The number of nitrogens with zero attached hydrogens (tertiary/aromatic N) is 2. The van der Waals surface area contributed by atoms with Gasteiger partial charge in [0.25, 0.3) is 0 Å². The Bertz CT molecular complexity index is 1480. The predicted octanol–water partition coefficient (Wildman–Crippen LogP) is 21.6. The first-order valence-electron chi connectivity index (χ1n) is 28.1. The molecule has 0 aromatic heterocycles. The molecule has 368 valence electrons. The van der Waals surface area contributed by atoms with Crippen molar-refractivity contribution in [3.8, 4) is 0 Å². The molecule has 64 heavy (non-hydrogen) atoms. The number of hydrogen-bond donors (Lipinski definition) is 0. The maximum atomic E-state index is 12.4. The Hall–Kier alpha value is -1.99. The number of aryl methyl sites for hydroxylation is 2. The van der Waals surface area contributed by atoms with Crippen LogP contribution >= 0.6 is 0 Å². The van der Waals surface area contributed by atoms with E-state index in [2.05, 4.69) is 90.1 Å². The summed E-state index contributed by atoms with van der Waals surface area (Å²) in [5.74, 6) is 0. The average Bonchev–Trinajstić information content (AvgIpc) is 3.59. The van der Waals surface area contributed by atoms with Crippen molar-refractivity contribution in [3.63, 3.8) is 0 Å².